The number of hydrogen-bond acceptors (Lipinski definition) is 4. The van der Waals surface area contributed by atoms with Crippen molar-refractivity contribution in [2.75, 3.05) is 0 Å². The fraction of sp³-hybridized carbons (Fsp3) is 0.222. The van der Waals surface area contributed by atoms with Gasteiger partial charge in [0.25, 0.3) is 5.56 Å². The number of halogens is 1. The lowest BCUT2D eigenvalue weighted by atomic mass is 10.1. The van der Waals surface area contributed by atoms with Crippen LogP contribution in [-0.4, -0.2) is 15.9 Å². The highest BCUT2D eigenvalue weighted by atomic mass is 79.9. The third kappa shape index (κ3) is 5.40. The van der Waals surface area contributed by atoms with E-state index in [0.29, 0.717) is 23.3 Å². The zero-order chi connectivity index (χ0) is 23.4. The molecule has 0 aliphatic carbocycles. The molecule has 0 aliphatic rings. The van der Waals surface area contributed by atoms with Gasteiger partial charge in [0.05, 0.1) is 17.1 Å². The molecule has 0 amide bonds. The summed E-state index contributed by atoms with van der Waals surface area (Å²) in [6, 6.07) is 21.5. The molecule has 4 aromatic rings. The summed E-state index contributed by atoms with van der Waals surface area (Å²) in [5, 5.41) is 5.07. The van der Waals surface area contributed by atoms with Crippen LogP contribution in [0.25, 0.3) is 10.9 Å². The zero-order valence-corrected chi connectivity index (χ0v) is 20.5. The van der Waals surface area contributed by atoms with Crippen molar-refractivity contribution in [2.24, 2.45) is 5.10 Å². The van der Waals surface area contributed by atoms with Crippen LogP contribution in [0.3, 0.4) is 0 Å². The van der Waals surface area contributed by atoms with E-state index in [-0.39, 0.29) is 11.5 Å². The monoisotopic (exact) mass is 503 g/mol. The Balaban J connectivity index is 1.64. The van der Waals surface area contributed by atoms with Crippen LogP contribution in [0.2, 0.25) is 0 Å². The predicted molar refractivity (Wildman–Crippen MR) is 137 cm³/mol. The number of fused-ring (bicyclic) bond motifs is 1. The molecule has 168 valence electrons. The first-order valence-electron chi connectivity index (χ1n) is 11.0. The third-order valence-corrected chi connectivity index (χ3v) is 6.05. The first-order chi connectivity index (χ1) is 15.9. The standard InChI is InChI=1S/C27H26BrN3O2/c1-4-19(3)26-30-25-12-11-22(28)15-24(25)27(32)31(26)29-16-20-8-6-10-23(14-20)33-17-21-9-5-7-18(2)13-21/h5-16,19H,4,17H2,1-3H3/t19-/m1/s1. The molecule has 4 rings (SSSR count). The van der Waals surface area contributed by atoms with E-state index in [1.165, 1.54) is 10.2 Å². The Morgan fingerprint density at radius 2 is 1.94 bits per heavy atom. The summed E-state index contributed by atoms with van der Waals surface area (Å²) < 4.78 is 8.22. The van der Waals surface area contributed by atoms with Crippen molar-refractivity contribution < 1.29 is 4.74 Å². The number of hydrogen-bond donors (Lipinski definition) is 0. The summed E-state index contributed by atoms with van der Waals surface area (Å²) in [7, 11) is 0. The molecule has 6 heteroatoms. The lowest BCUT2D eigenvalue weighted by molar-refractivity contribution is 0.306. The number of benzene rings is 3. The van der Waals surface area contributed by atoms with E-state index >= 15 is 0 Å². The van der Waals surface area contributed by atoms with Gasteiger partial charge in [0.15, 0.2) is 0 Å². The molecule has 3 aromatic carbocycles. The van der Waals surface area contributed by atoms with Crippen molar-refractivity contribution >= 4 is 33.0 Å². The van der Waals surface area contributed by atoms with E-state index in [1.807, 2.05) is 48.5 Å². The molecule has 5 nitrogen and oxygen atoms in total. The normalized spacial score (nSPS) is 12.4. The largest absolute Gasteiger partial charge is 0.489 e. The van der Waals surface area contributed by atoms with Crippen molar-refractivity contribution in [1.82, 2.24) is 9.66 Å². The first kappa shape index (κ1) is 22.9. The van der Waals surface area contributed by atoms with Gasteiger partial charge in [-0.25, -0.2) is 4.98 Å². The highest BCUT2D eigenvalue weighted by Gasteiger charge is 2.15. The SMILES string of the molecule is CC[C@@H](C)c1nc2ccc(Br)cc2c(=O)n1N=Cc1cccc(OCc2cccc(C)c2)c1. The number of nitrogens with zero attached hydrogens (tertiary/aromatic N) is 3. The van der Waals surface area contributed by atoms with Gasteiger partial charge in [-0.05, 0) is 54.8 Å². The van der Waals surface area contributed by atoms with E-state index in [0.717, 1.165) is 27.8 Å². The number of aromatic nitrogens is 2. The van der Waals surface area contributed by atoms with Gasteiger partial charge in [0.2, 0.25) is 0 Å². The maximum Gasteiger partial charge on any atom is 0.282 e. The molecule has 0 saturated carbocycles. The second-order valence-electron chi connectivity index (χ2n) is 8.15. The van der Waals surface area contributed by atoms with Crippen LogP contribution in [0.1, 0.15) is 48.7 Å². The van der Waals surface area contributed by atoms with Crippen LogP contribution in [0.4, 0.5) is 0 Å². The summed E-state index contributed by atoms with van der Waals surface area (Å²) in [4.78, 5) is 18.0. The summed E-state index contributed by atoms with van der Waals surface area (Å²) in [5.74, 6) is 1.49. The summed E-state index contributed by atoms with van der Waals surface area (Å²) in [5.41, 5.74) is 3.66. The lowest BCUT2D eigenvalue weighted by Crippen LogP contribution is -2.23. The molecular weight excluding hydrogens is 478 g/mol. The second kappa shape index (κ2) is 10.1. The van der Waals surface area contributed by atoms with Crippen molar-refractivity contribution in [2.45, 2.75) is 39.7 Å². The van der Waals surface area contributed by atoms with E-state index < -0.39 is 0 Å². The Kier molecular flexibility index (Phi) is 7.04. The molecule has 0 saturated heterocycles. The second-order valence-corrected chi connectivity index (χ2v) is 9.07. The Bertz CT molecular complexity index is 1380. The molecule has 1 heterocycles. The highest BCUT2D eigenvalue weighted by molar-refractivity contribution is 9.10. The van der Waals surface area contributed by atoms with Crippen LogP contribution in [-0.2, 0) is 6.61 Å². The molecule has 0 fully saturated rings. The Labute approximate surface area is 201 Å². The summed E-state index contributed by atoms with van der Waals surface area (Å²) >= 11 is 3.44. The molecule has 33 heavy (non-hydrogen) atoms. The topological polar surface area (TPSA) is 56.5 Å². The van der Waals surface area contributed by atoms with Crippen LogP contribution in [0.15, 0.2) is 81.1 Å². The van der Waals surface area contributed by atoms with Crippen molar-refractivity contribution in [1.29, 1.82) is 0 Å². The van der Waals surface area contributed by atoms with Crippen molar-refractivity contribution in [3.05, 3.63) is 104 Å². The highest BCUT2D eigenvalue weighted by Crippen LogP contribution is 2.21. The third-order valence-electron chi connectivity index (χ3n) is 5.55. The first-order valence-corrected chi connectivity index (χ1v) is 11.8. The zero-order valence-electron chi connectivity index (χ0n) is 19.0. The molecule has 0 radical (unpaired) electrons. The average molecular weight is 504 g/mol. The molecule has 0 bridgehead atoms. The lowest BCUT2D eigenvalue weighted by Gasteiger charge is -2.14. The minimum absolute atomic E-state index is 0.0897. The maximum absolute atomic E-state index is 13.3. The van der Waals surface area contributed by atoms with E-state index in [2.05, 4.69) is 53.9 Å². The minimum atomic E-state index is -0.181. The number of aryl methyl sites for hydroxylation is 1. The smallest absolute Gasteiger partial charge is 0.282 e. The van der Waals surface area contributed by atoms with Gasteiger partial charge in [-0.3, -0.25) is 4.79 Å². The van der Waals surface area contributed by atoms with Crippen molar-refractivity contribution in [3.8, 4) is 5.75 Å². The van der Waals surface area contributed by atoms with Gasteiger partial charge < -0.3 is 4.74 Å². The quantitative estimate of drug-likeness (QED) is 0.272. The molecular formula is C27H26BrN3O2. The molecule has 0 spiro atoms. The Morgan fingerprint density at radius 1 is 1.12 bits per heavy atom. The molecule has 0 unspecified atom stereocenters. The summed E-state index contributed by atoms with van der Waals surface area (Å²) in [6.07, 6.45) is 2.53. The summed E-state index contributed by atoms with van der Waals surface area (Å²) in [6.45, 7) is 6.68. The van der Waals surface area contributed by atoms with E-state index in [1.54, 1.807) is 12.3 Å². The minimum Gasteiger partial charge on any atom is -0.489 e. The van der Waals surface area contributed by atoms with Gasteiger partial charge in [0.1, 0.15) is 18.2 Å². The fourth-order valence-electron chi connectivity index (χ4n) is 3.56. The van der Waals surface area contributed by atoms with Gasteiger partial charge >= 0.3 is 0 Å². The van der Waals surface area contributed by atoms with E-state index in [4.69, 9.17) is 9.72 Å². The van der Waals surface area contributed by atoms with Gasteiger partial charge in [-0.1, -0.05) is 71.7 Å². The average Bonchev–Trinajstić information content (AvgIpc) is 2.82. The number of rotatable bonds is 7. The van der Waals surface area contributed by atoms with Crippen LogP contribution in [0.5, 0.6) is 5.75 Å². The van der Waals surface area contributed by atoms with Gasteiger partial charge in [-0.2, -0.15) is 9.78 Å². The van der Waals surface area contributed by atoms with Crippen LogP contribution in [0, 0.1) is 6.92 Å². The van der Waals surface area contributed by atoms with Gasteiger partial charge in [0, 0.05) is 10.4 Å². The Morgan fingerprint density at radius 3 is 2.73 bits per heavy atom. The molecule has 1 aromatic heterocycles. The Hall–Kier alpha value is -3.25. The molecule has 0 N–H and O–H groups in total. The predicted octanol–water partition coefficient (Wildman–Crippen LogP) is 6.44. The van der Waals surface area contributed by atoms with E-state index in [9.17, 15) is 4.79 Å². The fourth-order valence-corrected chi connectivity index (χ4v) is 3.92. The van der Waals surface area contributed by atoms with Crippen LogP contribution < -0.4 is 10.3 Å². The van der Waals surface area contributed by atoms with Gasteiger partial charge in [-0.15, -0.1) is 0 Å². The van der Waals surface area contributed by atoms with Crippen molar-refractivity contribution in [3.63, 3.8) is 0 Å². The number of ether oxygens (including phenoxy) is 1. The van der Waals surface area contributed by atoms with Crippen LogP contribution >= 0.6 is 15.9 Å². The molecule has 0 aliphatic heterocycles. The maximum atomic E-state index is 13.3. The molecule has 1 atom stereocenters.